The van der Waals surface area contributed by atoms with Crippen molar-refractivity contribution in [3.63, 3.8) is 0 Å². The zero-order valence-electron chi connectivity index (χ0n) is 9.98. The standard InChI is InChI=1S/C10H14ClN3O3S2/c11-9-2-1-8(18-9)10(15)13-3-4-19(16,17)14-7-5-12-6-7/h1-2,7,12,14H,3-6H2,(H,13,15). The second-order valence-electron chi connectivity index (χ2n) is 4.15. The molecule has 0 aliphatic carbocycles. The molecule has 2 heterocycles. The number of amides is 1. The van der Waals surface area contributed by atoms with E-state index in [1.165, 1.54) is 0 Å². The minimum absolute atomic E-state index is 0.0307. The third-order valence-electron chi connectivity index (χ3n) is 2.58. The van der Waals surface area contributed by atoms with Crippen LogP contribution < -0.4 is 15.4 Å². The van der Waals surface area contributed by atoms with Gasteiger partial charge in [-0.1, -0.05) is 11.6 Å². The summed E-state index contributed by atoms with van der Waals surface area (Å²) < 4.78 is 26.4. The molecule has 1 amide bonds. The third-order valence-corrected chi connectivity index (χ3v) is 5.24. The van der Waals surface area contributed by atoms with Crippen LogP contribution in [0, 0.1) is 0 Å². The van der Waals surface area contributed by atoms with Crippen LogP contribution in [0.4, 0.5) is 0 Å². The number of halogens is 1. The van der Waals surface area contributed by atoms with Crippen molar-refractivity contribution >= 4 is 38.9 Å². The number of hydrogen-bond donors (Lipinski definition) is 3. The maximum absolute atomic E-state index is 11.6. The van der Waals surface area contributed by atoms with Crippen molar-refractivity contribution in [3.05, 3.63) is 21.3 Å². The van der Waals surface area contributed by atoms with Crippen molar-refractivity contribution in [1.82, 2.24) is 15.4 Å². The predicted molar refractivity (Wildman–Crippen MR) is 75.2 cm³/mol. The molecule has 0 aromatic carbocycles. The van der Waals surface area contributed by atoms with Crippen molar-refractivity contribution in [2.45, 2.75) is 6.04 Å². The van der Waals surface area contributed by atoms with E-state index in [0.29, 0.717) is 22.3 Å². The summed E-state index contributed by atoms with van der Waals surface area (Å²) in [5, 5.41) is 5.53. The number of carbonyl (C=O) groups is 1. The van der Waals surface area contributed by atoms with Crippen LogP contribution in [0.25, 0.3) is 0 Å². The molecule has 1 saturated heterocycles. The first-order valence-corrected chi connectivity index (χ1v) is 8.55. The Hall–Kier alpha value is -0.670. The van der Waals surface area contributed by atoms with E-state index in [1.807, 2.05) is 0 Å². The van der Waals surface area contributed by atoms with E-state index in [2.05, 4.69) is 15.4 Å². The zero-order chi connectivity index (χ0) is 13.9. The van der Waals surface area contributed by atoms with Crippen LogP contribution in [-0.4, -0.2) is 45.8 Å². The van der Waals surface area contributed by atoms with Crippen LogP contribution in [0.15, 0.2) is 12.1 Å². The fourth-order valence-corrected chi connectivity index (χ4v) is 3.63. The van der Waals surface area contributed by atoms with Gasteiger partial charge in [0.25, 0.3) is 5.91 Å². The Morgan fingerprint density at radius 1 is 1.47 bits per heavy atom. The Kier molecular flexibility index (Phi) is 4.80. The van der Waals surface area contributed by atoms with Crippen molar-refractivity contribution in [3.8, 4) is 0 Å². The van der Waals surface area contributed by atoms with Gasteiger partial charge in [-0.05, 0) is 12.1 Å². The van der Waals surface area contributed by atoms with Gasteiger partial charge in [-0.25, -0.2) is 13.1 Å². The molecule has 1 aromatic heterocycles. The van der Waals surface area contributed by atoms with Crippen LogP contribution in [0.1, 0.15) is 9.67 Å². The maximum atomic E-state index is 11.6. The normalized spacial score (nSPS) is 16.1. The van der Waals surface area contributed by atoms with Gasteiger partial charge in [-0.3, -0.25) is 4.79 Å². The number of nitrogens with one attached hydrogen (secondary N) is 3. The molecular weight excluding hydrogens is 310 g/mol. The van der Waals surface area contributed by atoms with Gasteiger partial charge in [0.2, 0.25) is 10.0 Å². The summed E-state index contributed by atoms with van der Waals surface area (Å²) >= 11 is 6.87. The zero-order valence-corrected chi connectivity index (χ0v) is 12.4. The Morgan fingerprint density at radius 3 is 2.74 bits per heavy atom. The highest BCUT2D eigenvalue weighted by atomic mass is 35.5. The van der Waals surface area contributed by atoms with E-state index in [0.717, 1.165) is 11.3 Å². The monoisotopic (exact) mass is 323 g/mol. The van der Waals surface area contributed by atoms with Gasteiger partial charge in [0.05, 0.1) is 15.0 Å². The van der Waals surface area contributed by atoms with Crippen molar-refractivity contribution in [2.75, 3.05) is 25.4 Å². The van der Waals surface area contributed by atoms with Gasteiger partial charge in [-0.15, -0.1) is 11.3 Å². The molecule has 3 N–H and O–H groups in total. The third kappa shape index (κ3) is 4.43. The van der Waals surface area contributed by atoms with Gasteiger partial charge in [0, 0.05) is 25.7 Å². The van der Waals surface area contributed by atoms with Gasteiger partial charge in [-0.2, -0.15) is 0 Å². The van der Waals surface area contributed by atoms with Crippen LogP contribution >= 0.6 is 22.9 Å². The highest BCUT2D eigenvalue weighted by molar-refractivity contribution is 7.89. The van der Waals surface area contributed by atoms with Gasteiger partial charge in [0.15, 0.2) is 0 Å². The molecule has 1 aliphatic rings. The van der Waals surface area contributed by atoms with Crippen LogP contribution in [0.2, 0.25) is 4.34 Å². The lowest BCUT2D eigenvalue weighted by Gasteiger charge is -2.27. The molecule has 0 spiro atoms. The molecule has 0 atom stereocenters. The SMILES string of the molecule is O=C(NCCS(=O)(=O)NC1CNC1)c1ccc(Cl)s1. The smallest absolute Gasteiger partial charge is 0.261 e. The average Bonchev–Trinajstić information content (AvgIpc) is 2.70. The molecule has 2 rings (SSSR count). The molecular formula is C10H14ClN3O3S2. The second kappa shape index (κ2) is 6.19. The summed E-state index contributed by atoms with van der Waals surface area (Å²) in [7, 11) is -3.34. The first-order valence-electron chi connectivity index (χ1n) is 5.70. The molecule has 0 bridgehead atoms. The second-order valence-corrected chi connectivity index (χ2v) is 7.74. The van der Waals surface area contributed by atoms with E-state index in [4.69, 9.17) is 11.6 Å². The molecule has 0 saturated carbocycles. The molecule has 1 aromatic rings. The van der Waals surface area contributed by atoms with Crippen LogP contribution in [0.3, 0.4) is 0 Å². The van der Waals surface area contributed by atoms with Crippen molar-refractivity contribution in [2.24, 2.45) is 0 Å². The number of thiophene rings is 1. The lowest BCUT2D eigenvalue weighted by atomic mass is 10.2. The Labute approximate surface area is 120 Å². The molecule has 1 fully saturated rings. The molecule has 106 valence electrons. The van der Waals surface area contributed by atoms with E-state index in [9.17, 15) is 13.2 Å². The fourth-order valence-electron chi connectivity index (χ4n) is 1.51. The summed E-state index contributed by atoms with van der Waals surface area (Å²) in [4.78, 5) is 12.1. The summed E-state index contributed by atoms with van der Waals surface area (Å²) in [5.41, 5.74) is 0. The average molecular weight is 324 g/mol. The topological polar surface area (TPSA) is 87.3 Å². The Balaban J connectivity index is 1.75. The largest absolute Gasteiger partial charge is 0.350 e. The molecule has 1 aliphatic heterocycles. The van der Waals surface area contributed by atoms with Crippen LogP contribution in [0.5, 0.6) is 0 Å². The predicted octanol–water partition coefficient (Wildman–Crippen LogP) is 0.0225. The first-order chi connectivity index (χ1) is 8.96. The highest BCUT2D eigenvalue weighted by Gasteiger charge is 2.22. The van der Waals surface area contributed by atoms with E-state index >= 15 is 0 Å². The molecule has 19 heavy (non-hydrogen) atoms. The molecule has 0 unspecified atom stereocenters. The maximum Gasteiger partial charge on any atom is 0.261 e. The summed E-state index contributed by atoms with van der Waals surface area (Å²) in [6.45, 7) is 1.38. The first kappa shape index (κ1) is 14.7. The molecule has 9 heteroatoms. The lowest BCUT2D eigenvalue weighted by Crippen LogP contribution is -2.57. The van der Waals surface area contributed by atoms with Gasteiger partial charge < -0.3 is 10.6 Å². The van der Waals surface area contributed by atoms with E-state index < -0.39 is 10.0 Å². The highest BCUT2D eigenvalue weighted by Crippen LogP contribution is 2.20. The van der Waals surface area contributed by atoms with E-state index in [1.54, 1.807) is 12.1 Å². The van der Waals surface area contributed by atoms with E-state index in [-0.39, 0.29) is 24.2 Å². The van der Waals surface area contributed by atoms with Crippen molar-refractivity contribution < 1.29 is 13.2 Å². The number of sulfonamides is 1. The summed E-state index contributed by atoms with van der Waals surface area (Å²) in [6.07, 6.45) is 0. The number of carbonyl (C=O) groups excluding carboxylic acids is 1. The van der Waals surface area contributed by atoms with Gasteiger partial charge >= 0.3 is 0 Å². The Morgan fingerprint density at radius 2 is 2.21 bits per heavy atom. The van der Waals surface area contributed by atoms with Crippen molar-refractivity contribution in [1.29, 1.82) is 0 Å². The fraction of sp³-hybridized carbons (Fsp3) is 0.500. The minimum Gasteiger partial charge on any atom is -0.350 e. The van der Waals surface area contributed by atoms with Gasteiger partial charge in [0.1, 0.15) is 0 Å². The number of hydrogen-bond acceptors (Lipinski definition) is 5. The molecule has 6 nitrogen and oxygen atoms in total. The summed E-state index contributed by atoms with van der Waals surface area (Å²) in [6, 6.07) is 3.20. The minimum atomic E-state index is -3.34. The molecule has 0 radical (unpaired) electrons. The lowest BCUT2D eigenvalue weighted by molar-refractivity contribution is 0.0960. The quantitative estimate of drug-likeness (QED) is 0.689. The van der Waals surface area contributed by atoms with Crippen LogP contribution in [-0.2, 0) is 10.0 Å². The number of rotatable bonds is 6. The Bertz CT molecular complexity index is 554. The summed E-state index contributed by atoms with van der Waals surface area (Å²) in [5.74, 6) is -0.439.